The van der Waals surface area contributed by atoms with Crippen molar-refractivity contribution in [3.8, 4) is 0 Å². The molecule has 1 unspecified atom stereocenters. The van der Waals surface area contributed by atoms with Gasteiger partial charge in [0.1, 0.15) is 5.82 Å². The van der Waals surface area contributed by atoms with Crippen LogP contribution in [0, 0.1) is 11.7 Å². The second-order valence-corrected chi connectivity index (χ2v) is 10.3. The van der Waals surface area contributed by atoms with Gasteiger partial charge in [-0.2, -0.15) is 4.31 Å². The van der Waals surface area contributed by atoms with E-state index >= 15 is 0 Å². The predicted octanol–water partition coefficient (Wildman–Crippen LogP) is 4.34. The Kier molecular flexibility index (Phi) is 8.03. The first kappa shape index (κ1) is 24.4. The molecule has 1 fully saturated rings. The molecule has 1 amide bonds. The van der Waals surface area contributed by atoms with Gasteiger partial charge in [-0.1, -0.05) is 32.9 Å². The molecule has 0 aromatic heterocycles. The fourth-order valence-electron chi connectivity index (χ4n) is 4.13. The number of anilines is 1. The number of likely N-dealkylation sites (tertiary alicyclic amines) is 1. The Morgan fingerprint density at radius 3 is 2.47 bits per heavy atom. The van der Waals surface area contributed by atoms with Gasteiger partial charge < -0.3 is 5.32 Å². The number of carbonyl (C=O) groups excluding carboxylic acids is 1. The van der Waals surface area contributed by atoms with E-state index in [1.165, 1.54) is 23.2 Å². The molecule has 1 N–H and O–H groups in total. The van der Waals surface area contributed by atoms with Crippen LogP contribution >= 0.6 is 0 Å². The van der Waals surface area contributed by atoms with Gasteiger partial charge in [-0.15, -0.1) is 0 Å². The molecular formula is C24H32FN3O3S. The first-order valence-corrected chi connectivity index (χ1v) is 12.6. The number of hydrogen-bond donors (Lipinski definition) is 1. The first-order chi connectivity index (χ1) is 15.2. The third-order valence-electron chi connectivity index (χ3n) is 5.88. The molecule has 1 atom stereocenters. The quantitative estimate of drug-likeness (QED) is 0.635. The number of rotatable bonds is 8. The van der Waals surface area contributed by atoms with Crippen molar-refractivity contribution < 1.29 is 17.6 Å². The molecule has 2 aromatic carbocycles. The average molecular weight is 462 g/mol. The minimum Gasteiger partial charge on any atom is -0.322 e. The maximum atomic E-state index is 14.4. The van der Waals surface area contributed by atoms with E-state index in [0.717, 1.165) is 37.3 Å². The highest BCUT2D eigenvalue weighted by atomic mass is 32.2. The van der Waals surface area contributed by atoms with E-state index < -0.39 is 21.7 Å². The number of amides is 1. The molecule has 32 heavy (non-hydrogen) atoms. The Balaban J connectivity index is 1.71. The molecule has 1 aliphatic rings. The second kappa shape index (κ2) is 10.6. The van der Waals surface area contributed by atoms with Crippen LogP contribution < -0.4 is 5.32 Å². The number of nitrogens with one attached hydrogen (secondary N) is 1. The zero-order valence-electron chi connectivity index (χ0n) is 19.0. The molecular weight excluding hydrogens is 429 g/mol. The molecule has 0 spiro atoms. The Labute approximate surface area is 190 Å². The largest absolute Gasteiger partial charge is 0.322 e. The van der Waals surface area contributed by atoms with Gasteiger partial charge in [-0.3, -0.25) is 9.69 Å². The van der Waals surface area contributed by atoms with Crippen molar-refractivity contribution in [2.45, 2.75) is 45.1 Å². The second-order valence-electron chi connectivity index (χ2n) is 8.36. The van der Waals surface area contributed by atoms with Gasteiger partial charge in [-0.05, 0) is 61.2 Å². The van der Waals surface area contributed by atoms with Crippen LogP contribution in [-0.4, -0.2) is 49.7 Å². The number of sulfonamides is 1. The minimum atomic E-state index is -3.79. The van der Waals surface area contributed by atoms with E-state index in [1.54, 1.807) is 26.0 Å². The molecule has 3 rings (SSSR count). The summed E-state index contributed by atoms with van der Waals surface area (Å²) in [7, 11) is -3.79. The normalized spacial score (nSPS) is 17.5. The average Bonchev–Trinajstić information content (AvgIpc) is 2.76. The molecule has 174 valence electrons. The van der Waals surface area contributed by atoms with Crippen LogP contribution in [0.15, 0.2) is 47.4 Å². The molecule has 1 heterocycles. The molecule has 0 aliphatic carbocycles. The highest BCUT2D eigenvalue weighted by Gasteiger charge is 2.24. The molecule has 6 nitrogen and oxygen atoms in total. The lowest BCUT2D eigenvalue weighted by Crippen LogP contribution is -2.33. The van der Waals surface area contributed by atoms with Crippen molar-refractivity contribution in [1.82, 2.24) is 9.21 Å². The van der Waals surface area contributed by atoms with E-state index in [-0.39, 0.29) is 10.5 Å². The maximum absolute atomic E-state index is 14.4. The minimum absolute atomic E-state index is 0.0983. The smallest absolute Gasteiger partial charge is 0.258 e. The summed E-state index contributed by atoms with van der Waals surface area (Å²) in [5.41, 5.74) is 1.38. The van der Waals surface area contributed by atoms with Gasteiger partial charge in [0.15, 0.2) is 0 Å². The fraction of sp³-hybridized carbons (Fsp3) is 0.458. The summed E-state index contributed by atoms with van der Waals surface area (Å²) in [6, 6.07) is 10.8. The summed E-state index contributed by atoms with van der Waals surface area (Å²) in [5, 5.41) is 2.67. The lowest BCUT2D eigenvalue weighted by molar-refractivity contribution is 0.102. The Hall–Kier alpha value is -2.29. The van der Waals surface area contributed by atoms with Gasteiger partial charge >= 0.3 is 0 Å². The molecule has 1 saturated heterocycles. The molecule has 0 radical (unpaired) electrons. The number of nitrogens with zero attached hydrogens (tertiary/aromatic N) is 2. The summed E-state index contributed by atoms with van der Waals surface area (Å²) < 4.78 is 41.1. The highest BCUT2D eigenvalue weighted by Crippen LogP contribution is 2.22. The highest BCUT2D eigenvalue weighted by molar-refractivity contribution is 7.89. The molecule has 0 bridgehead atoms. The first-order valence-electron chi connectivity index (χ1n) is 11.2. The predicted molar refractivity (Wildman–Crippen MR) is 125 cm³/mol. The van der Waals surface area contributed by atoms with E-state index in [1.807, 2.05) is 12.1 Å². The SMILES string of the molecule is CCN(CC)S(=O)(=O)c1ccc(F)c(C(=O)Nc2ccc(CN3CCCC(C)C3)cc2)c1. The van der Waals surface area contributed by atoms with Crippen molar-refractivity contribution >= 4 is 21.6 Å². The summed E-state index contributed by atoms with van der Waals surface area (Å²) in [5.74, 6) is -0.743. The summed E-state index contributed by atoms with van der Waals surface area (Å²) in [6.07, 6.45) is 2.49. The number of benzene rings is 2. The molecule has 2 aromatic rings. The van der Waals surface area contributed by atoms with Crippen LogP contribution in [0.3, 0.4) is 0 Å². The van der Waals surface area contributed by atoms with Crippen molar-refractivity contribution in [3.63, 3.8) is 0 Å². The van der Waals surface area contributed by atoms with Crippen molar-refractivity contribution in [1.29, 1.82) is 0 Å². The van der Waals surface area contributed by atoms with Gasteiger partial charge in [0, 0.05) is 31.9 Å². The van der Waals surface area contributed by atoms with E-state index in [2.05, 4.69) is 17.1 Å². The molecule has 0 saturated carbocycles. The van der Waals surface area contributed by atoms with E-state index in [0.29, 0.717) is 24.7 Å². The van der Waals surface area contributed by atoms with Gasteiger partial charge in [0.25, 0.3) is 5.91 Å². The monoisotopic (exact) mass is 461 g/mol. The van der Waals surface area contributed by atoms with Crippen molar-refractivity contribution in [2.24, 2.45) is 5.92 Å². The van der Waals surface area contributed by atoms with Gasteiger partial charge in [-0.25, -0.2) is 12.8 Å². The standard InChI is InChI=1S/C24H32FN3O3S/c1-4-28(5-2)32(30,31)21-12-13-23(25)22(15-21)24(29)26-20-10-8-19(9-11-20)17-27-14-6-7-18(3)16-27/h8-13,15,18H,4-7,14,16-17H2,1-3H3,(H,26,29). The third-order valence-corrected chi connectivity index (χ3v) is 7.93. The summed E-state index contributed by atoms with van der Waals surface area (Å²) >= 11 is 0. The third kappa shape index (κ3) is 5.74. The number of carbonyl (C=O) groups is 1. The topological polar surface area (TPSA) is 69.7 Å². The summed E-state index contributed by atoms with van der Waals surface area (Å²) in [4.78, 5) is 15.0. The Bertz CT molecular complexity index is 1040. The Morgan fingerprint density at radius 1 is 1.16 bits per heavy atom. The van der Waals surface area contributed by atoms with Gasteiger partial charge in [0.2, 0.25) is 10.0 Å². The van der Waals surface area contributed by atoms with Crippen LogP contribution in [0.1, 0.15) is 49.5 Å². The number of hydrogen-bond acceptors (Lipinski definition) is 4. The number of piperidine rings is 1. The van der Waals surface area contributed by atoms with Crippen molar-refractivity contribution in [3.05, 3.63) is 59.4 Å². The van der Waals surface area contributed by atoms with E-state index in [4.69, 9.17) is 0 Å². The van der Waals surface area contributed by atoms with Crippen LogP contribution in [0.25, 0.3) is 0 Å². The summed E-state index contributed by atoms with van der Waals surface area (Å²) in [6.45, 7) is 9.35. The van der Waals surface area contributed by atoms with Crippen molar-refractivity contribution in [2.75, 3.05) is 31.5 Å². The van der Waals surface area contributed by atoms with Crippen LogP contribution in [-0.2, 0) is 16.6 Å². The van der Waals surface area contributed by atoms with E-state index in [9.17, 15) is 17.6 Å². The molecule has 8 heteroatoms. The van der Waals surface area contributed by atoms with Gasteiger partial charge in [0.05, 0.1) is 10.5 Å². The lowest BCUT2D eigenvalue weighted by Gasteiger charge is -2.30. The lowest BCUT2D eigenvalue weighted by atomic mass is 10.00. The maximum Gasteiger partial charge on any atom is 0.258 e. The van der Waals surface area contributed by atoms with Crippen LogP contribution in [0.4, 0.5) is 10.1 Å². The number of halogens is 1. The van der Waals surface area contributed by atoms with Crippen LogP contribution in [0.5, 0.6) is 0 Å². The van der Waals surface area contributed by atoms with Crippen LogP contribution in [0.2, 0.25) is 0 Å². The Morgan fingerprint density at radius 2 is 1.84 bits per heavy atom. The zero-order chi connectivity index (χ0) is 23.3. The fourth-order valence-corrected chi connectivity index (χ4v) is 5.62. The zero-order valence-corrected chi connectivity index (χ0v) is 19.8. The molecule has 1 aliphatic heterocycles.